The maximum atomic E-state index is 13.1. The van der Waals surface area contributed by atoms with Crippen molar-refractivity contribution in [2.45, 2.75) is 39.3 Å². The minimum Gasteiger partial charge on any atom is -0.479 e. The minimum atomic E-state index is -0.555. The molecular formula is C23H25N3O3. The summed E-state index contributed by atoms with van der Waals surface area (Å²) in [6, 6.07) is 16.2. The molecule has 1 aliphatic rings. The van der Waals surface area contributed by atoms with E-state index in [9.17, 15) is 9.59 Å². The Morgan fingerprint density at radius 2 is 1.90 bits per heavy atom. The van der Waals surface area contributed by atoms with Crippen molar-refractivity contribution in [1.82, 2.24) is 4.90 Å². The number of carbonyl (C=O) groups excluding carboxylic acids is 2. The topological polar surface area (TPSA) is 82.4 Å². The molecule has 2 unspecified atom stereocenters. The second-order valence-electron chi connectivity index (χ2n) is 7.22. The van der Waals surface area contributed by atoms with Gasteiger partial charge in [0.2, 0.25) is 11.8 Å². The van der Waals surface area contributed by atoms with E-state index in [1.807, 2.05) is 44.2 Å². The smallest absolute Gasteiger partial charge is 0.247 e. The fourth-order valence-electron chi connectivity index (χ4n) is 3.42. The third-order valence-corrected chi connectivity index (χ3v) is 5.29. The number of amides is 2. The first-order valence-electron chi connectivity index (χ1n) is 9.81. The van der Waals surface area contributed by atoms with Gasteiger partial charge in [-0.05, 0) is 41.8 Å². The van der Waals surface area contributed by atoms with E-state index in [1.54, 1.807) is 29.2 Å². The maximum Gasteiger partial charge on any atom is 0.247 e. The highest BCUT2D eigenvalue weighted by molar-refractivity contribution is 5.98. The van der Waals surface area contributed by atoms with Gasteiger partial charge >= 0.3 is 0 Å². The predicted octanol–water partition coefficient (Wildman–Crippen LogP) is 3.53. The molecule has 6 heteroatoms. The lowest BCUT2D eigenvalue weighted by molar-refractivity contribution is -0.143. The third kappa shape index (κ3) is 4.75. The van der Waals surface area contributed by atoms with Crippen molar-refractivity contribution in [2.75, 3.05) is 11.9 Å². The first-order chi connectivity index (χ1) is 14.0. The third-order valence-electron chi connectivity index (χ3n) is 5.29. The molecule has 1 aliphatic heterocycles. The molecule has 0 radical (unpaired) electrons. The number of benzene rings is 2. The molecule has 29 heavy (non-hydrogen) atoms. The number of rotatable bonds is 6. The summed E-state index contributed by atoms with van der Waals surface area (Å²) >= 11 is 0. The van der Waals surface area contributed by atoms with Crippen molar-refractivity contribution in [3.05, 3.63) is 59.7 Å². The van der Waals surface area contributed by atoms with Crippen molar-refractivity contribution in [1.29, 1.82) is 5.26 Å². The van der Waals surface area contributed by atoms with Crippen LogP contribution in [0.5, 0.6) is 5.75 Å². The maximum absolute atomic E-state index is 13.1. The highest BCUT2D eigenvalue weighted by Crippen LogP contribution is 2.26. The highest BCUT2D eigenvalue weighted by atomic mass is 16.5. The van der Waals surface area contributed by atoms with E-state index in [1.165, 1.54) is 0 Å². The minimum absolute atomic E-state index is 0.00223. The molecule has 1 N–H and O–H groups in total. The largest absolute Gasteiger partial charge is 0.479 e. The molecule has 2 aromatic carbocycles. The van der Waals surface area contributed by atoms with Crippen LogP contribution in [0.25, 0.3) is 0 Å². The van der Waals surface area contributed by atoms with Crippen molar-refractivity contribution in [3.63, 3.8) is 0 Å². The van der Waals surface area contributed by atoms with Gasteiger partial charge in [-0.1, -0.05) is 38.1 Å². The van der Waals surface area contributed by atoms with Crippen molar-refractivity contribution in [2.24, 2.45) is 5.92 Å². The van der Waals surface area contributed by atoms with E-state index < -0.39 is 6.04 Å². The lowest BCUT2D eigenvalue weighted by Gasteiger charge is -2.37. The van der Waals surface area contributed by atoms with Crippen molar-refractivity contribution in [3.8, 4) is 11.8 Å². The Labute approximate surface area is 171 Å². The number of nitriles is 1. The molecule has 0 spiro atoms. The summed E-state index contributed by atoms with van der Waals surface area (Å²) in [5, 5.41) is 11.5. The molecule has 0 aromatic heterocycles. The Morgan fingerprint density at radius 1 is 1.21 bits per heavy atom. The normalized spacial score (nSPS) is 16.3. The Bertz CT molecular complexity index is 918. The lowest BCUT2D eigenvalue weighted by atomic mass is 9.92. The zero-order chi connectivity index (χ0) is 20.8. The summed E-state index contributed by atoms with van der Waals surface area (Å²) in [7, 11) is 0. The van der Waals surface area contributed by atoms with Gasteiger partial charge in [0.1, 0.15) is 17.9 Å². The van der Waals surface area contributed by atoms with Gasteiger partial charge in [0.05, 0.1) is 0 Å². The molecule has 2 aromatic rings. The molecule has 0 fully saturated rings. The van der Waals surface area contributed by atoms with Gasteiger partial charge in [0.25, 0.3) is 0 Å². The Kier molecular flexibility index (Phi) is 6.50. The number of hydrogen-bond donors (Lipinski definition) is 1. The highest BCUT2D eigenvalue weighted by Gasteiger charge is 2.35. The van der Waals surface area contributed by atoms with Gasteiger partial charge in [-0.3, -0.25) is 9.59 Å². The summed E-state index contributed by atoms with van der Waals surface area (Å²) in [5.41, 5.74) is 2.81. The van der Waals surface area contributed by atoms with E-state index in [2.05, 4.69) is 5.32 Å². The van der Waals surface area contributed by atoms with Crippen LogP contribution in [-0.4, -0.2) is 29.4 Å². The van der Waals surface area contributed by atoms with Gasteiger partial charge in [-0.15, -0.1) is 0 Å². The van der Waals surface area contributed by atoms with Crippen molar-refractivity contribution < 1.29 is 14.3 Å². The SMILES string of the molecule is CCC(C)C(=O)N1Cc2ccccc2CC1C(=O)Nc1ccc(OCC#N)cc1. The summed E-state index contributed by atoms with van der Waals surface area (Å²) in [5.74, 6) is 0.223. The monoisotopic (exact) mass is 391 g/mol. The lowest BCUT2D eigenvalue weighted by Crippen LogP contribution is -2.52. The summed E-state index contributed by atoms with van der Waals surface area (Å²) in [6.45, 7) is 4.29. The number of nitrogens with zero attached hydrogens (tertiary/aromatic N) is 2. The standard InChI is InChI=1S/C23H25N3O3/c1-3-16(2)23(28)26-15-18-7-5-4-6-17(18)14-21(26)22(27)25-19-8-10-20(11-9-19)29-13-12-24/h4-11,16,21H,3,13-15H2,1-2H3,(H,25,27). The molecule has 0 bridgehead atoms. The second-order valence-corrected chi connectivity index (χ2v) is 7.22. The van der Waals surface area contributed by atoms with E-state index in [0.29, 0.717) is 24.4 Å². The van der Waals surface area contributed by atoms with Crippen LogP contribution < -0.4 is 10.1 Å². The summed E-state index contributed by atoms with van der Waals surface area (Å²) in [6.07, 6.45) is 1.23. The summed E-state index contributed by atoms with van der Waals surface area (Å²) < 4.78 is 5.23. The van der Waals surface area contributed by atoms with E-state index in [4.69, 9.17) is 10.00 Å². The molecular weight excluding hydrogens is 366 g/mol. The number of carbonyl (C=O) groups is 2. The van der Waals surface area contributed by atoms with Gasteiger partial charge in [0.15, 0.2) is 6.61 Å². The zero-order valence-electron chi connectivity index (χ0n) is 16.7. The molecule has 2 amide bonds. The van der Waals surface area contributed by atoms with Crippen LogP contribution in [0, 0.1) is 17.2 Å². The van der Waals surface area contributed by atoms with Crippen LogP contribution in [0.2, 0.25) is 0 Å². The number of ether oxygens (including phenoxy) is 1. The first-order valence-corrected chi connectivity index (χ1v) is 9.81. The van der Waals surface area contributed by atoms with E-state index >= 15 is 0 Å². The molecule has 1 heterocycles. The molecule has 150 valence electrons. The van der Waals surface area contributed by atoms with Crippen molar-refractivity contribution >= 4 is 17.5 Å². The van der Waals surface area contributed by atoms with Crippen LogP contribution in [0.15, 0.2) is 48.5 Å². The molecule has 3 rings (SSSR count). The Hall–Kier alpha value is -3.33. The van der Waals surface area contributed by atoms with Crippen LogP contribution in [0.1, 0.15) is 31.4 Å². The van der Waals surface area contributed by atoms with Crippen LogP contribution in [0.4, 0.5) is 5.69 Å². The zero-order valence-corrected chi connectivity index (χ0v) is 16.7. The second kappa shape index (κ2) is 9.24. The van der Waals surface area contributed by atoms with Gasteiger partial charge < -0.3 is 15.0 Å². The fourth-order valence-corrected chi connectivity index (χ4v) is 3.42. The quantitative estimate of drug-likeness (QED) is 0.817. The first kappa shape index (κ1) is 20.4. The Balaban J connectivity index is 1.78. The average molecular weight is 391 g/mol. The van der Waals surface area contributed by atoms with Gasteiger partial charge in [-0.2, -0.15) is 5.26 Å². The number of nitrogens with one attached hydrogen (secondary N) is 1. The van der Waals surface area contributed by atoms with Crippen LogP contribution in [-0.2, 0) is 22.6 Å². The van der Waals surface area contributed by atoms with E-state index in [-0.39, 0.29) is 24.3 Å². The predicted molar refractivity (Wildman–Crippen MR) is 110 cm³/mol. The van der Waals surface area contributed by atoms with Gasteiger partial charge in [0, 0.05) is 24.6 Å². The molecule has 0 saturated heterocycles. The fraction of sp³-hybridized carbons (Fsp3) is 0.348. The summed E-state index contributed by atoms with van der Waals surface area (Å²) in [4.78, 5) is 27.7. The number of anilines is 1. The molecule has 2 atom stereocenters. The molecule has 6 nitrogen and oxygen atoms in total. The molecule has 0 saturated carbocycles. The number of hydrogen-bond acceptors (Lipinski definition) is 4. The molecule has 0 aliphatic carbocycles. The van der Waals surface area contributed by atoms with Gasteiger partial charge in [-0.25, -0.2) is 0 Å². The van der Waals surface area contributed by atoms with Crippen LogP contribution in [0.3, 0.4) is 0 Å². The number of fused-ring (bicyclic) bond motifs is 1. The van der Waals surface area contributed by atoms with E-state index in [0.717, 1.165) is 17.5 Å². The Morgan fingerprint density at radius 3 is 2.55 bits per heavy atom. The average Bonchev–Trinajstić information content (AvgIpc) is 2.76. The van der Waals surface area contributed by atoms with Crippen LogP contribution >= 0.6 is 0 Å².